The van der Waals surface area contributed by atoms with E-state index in [0.29, 0.717) is 25.2 Å². The number of aromatic nitrogens is 4. The molecule has 0 bridgehead atoms. The largest absolute Gasteiger partial charge is 0.467 e. The van der Waals surface area contributed by atoms with Crippen molar-refractivity contribution in [2.24, 2.45) is 0 Å². The van der Waals surface area contributed by atoms with Gasteiger partial charge in [0.15, 0.2) is 0 Å². The molecule has 1 aliphatic rings. The lowest BCUT2D eigenvalue weighted by Gasteiger charge is -2.36. The summed E-state index contributed by atoms with van der Waals surface area (Å²) >= 11 is 0. The second-order valence-corrected chi connectivity index (χ2v) is 10.4. The maximum Gasteiger partial charge on any atom is 0.407 e. The standard InChI is InChI=1S/C28H35N7O4/c1-28(2,3)39-27(37)34-21-9-11-23(12-10-21)35(26(36)33-18-22-7-5-6-14-29-22)24-13-8-19(15-30-24)20-16-31-25(38-4)32-17-20/h5-8,13-17,21,23H,9-12,18H2,1-4H3,(H,33,36)(H,34,37). The van der Waals surface area contributed by atoms with Crippen molar-refractivity contribution in [1.29, 1.82) is 0 Å². The number of anilines is 1. The van der Waals surface area contributed by atoms with Gasteiger partial charge in [0.2, 0.25) is 0 Å². The third kappa shape index (κ3) is 7.86. The Morgan fingerprint density at radius 2 is 1.67 bits per heavy atom. The molecule has 3 aromatic heterocycles. The van der Waals surface area contributed by atoms with E-state index in [1.165, 1.54) is 7.11 Å². The van der Waals surface area contributed by atoms with Crippen molar-refractivity contribution in [1.82, 2.24) is 30.6 Å². The van der Waals surface area contributed by atoms with Crippen molar-refractivity contribution in [2.75, 3.05) is 12.0 Å². The molecule has 0 radical (unpaired) electrons. The molecule has 1 saturated carbocycles. The van der Waals surface area contributed by atoms with Gasteiger partial charge in [0.05, 0.1) is 19.3 Å². The van der Waals surface area contributed by atoms with Crippen molar-refractivity contribution in [3.63, 3.8) is 0 Å². The quantitative estimate of drug-likeness (QED) is 0.454. The van der Waals surface area contributed by atoms with Gasteiger partial charge in [-0.05, 0) is 70.7 Å². The fourth-order valence-corrected chi connectivity index (χ4v) is 4.43. The Labute approximate surface area is 228 Å². The third-order valence-electron chi connectivity index (χ3n) is 6.29. The summed E-state index contributed by atoms with van der Waals surface area (Å²) in [7, 11) is 1.51. The number of rotatable bonds is 7. The predicted molar refractivity (Wildman–Crippen MR) is 146 cm³/mol. The van der Waals surface area contributed by atoms with Gasteiger partial charge >= 0.3 is 18.1 Å². The van der Waals surface area contributed by atoms with Crippen LogP contribution in [0, 0.1) is 0 Å². The van der Waals surface area contributed by atoms with Gasteiger partial charge in [-0.2, -0.15) is 0 Å². The molecule has 3 aromatic rings. The van der Waals surface area contributed by atoms with E-state index in [0.717, 1.165) is 29.7 Å². The number of hydrogen-bond donors (Lipinski definition) is 2. The zero-order valence-electron chi connectivity index (χ0n) is 22.8. The van der Waals surface area contributed by atoms with Crippen molar-refractivity contribution in [2.45, 2.75) is 70.7 Å². The first kappa shape index (κ1) is 27.7. The monoisotopic (exact) mass is 533 g/mol. The van der Waals surface area contributed by atoms with Crippen LogP contribution in [0.2, 0.25) is 0 Å². The zero-order chi connectivity index (χ0) is 27.8. The molecule has 4 rings (SSSR count). The fourth-order valence-electron chi connectivity index (χ4n) is 4.43. The molecule has 39 heavy (non-hydrogen) atoms. The first-order chi connectivity index (χ1) is 18.7. The third-order valence-corrected chi connectivity index (χ3v) is 6.29. The van der Waals surface area contributed by atoms with E-state index in [1.54, 1.807) is 29.7 Å². The van der Waals surface area contributed by atoms with Crippen LogP contribution in [0.1, 0.15) is 52.1 Å². The van der Waals surface area contributed by atoms with E-state index in [2.05, 4.69) is 30.6 Å². The number of urea groups is 1. The SMILES string of the molecule is COc1ncc(-c2ccc(N(C(=O)NCc3ccccn3)C3CCC(NC(=O)OC(C)(C)C)CC3)nc2)cn1. The van der Waals surface area contributed by atoms with E-state index in [4.69, 9.17) is 9.47 Å². The molecule has 1 aliphatic carbocycles. The minimum absolute atomic E-state index is 0.0139. The summed E-state index contributed by atoms with van der Waals surface area (Å²) in [6, 6.07) is 9.23. The van der Waals surface area contributed by atoms with E-state index < -0.39 is 11.7 Å². The van der Waals surface area contributed by atoms with Gasteiger partial charge in [0, 0.05) is 48.0 Å². The lowest BCUT2D eigenvalue weighted by atomic mass is 9.90. The molecule has 11 heteroatoms. The molecule has 206 valence electrons. The lowest BCUT2D eigenvalue weighted by molar-refractivity contribution is 0.0491. The van der Waals surface area contributed by atoms with Crippen LogP contribution in [-0.4, -0.2) is 56.9 Å². The average molecular weight is 534 g/mol. The second-order valence-electron chi connectivity index (χ2n) is 10.4. The first-order valence-electron chi connectivity index (χ1n) is 13.0. The van der Waals surface area contributed by atoms with Crippen LogP contribution in [-0.2, 0) is 11.3 Å². The molecular weight excluding hydrogens is 498 g/mol. The number of pyridine rings is 2. The van der Waals surface area contributed by atoms with Crippen LogP contribution in [0.3, 0.4) is 0 Å². The molecule has 0 saturated heterocycles. The Morgan fingerprint density at radius 3 is 2.26 bits per heavy atom. The number of amides is 3. The van der Waals surface area contributed by atoms with E-state index in [-0.39, 0.29) is 24.1 Å². The maximum absolute atomic E-state index is 13.5. The normalized spacial score (nSPS) is 17.1. The number of carbonyl (C=O) groups excluding carboxylic acids is 2. The number of nitrogens with zero attached hydrogens (tertiary/aromatic N) is 5. The van der Waals surface area contributed by atoms with E-state index in [9.17, 15) is 9.59 Å². The number of hydrogen-bond acceptors (Lipinski definition) is 8. The summed E-state index contributed by atoms with van der Waals surface area (Å²) in [6.45, 7) is 5.81. The zero-order valence-corrected chi connectivity index (χ0v) is 22.8. The van der Waals surface area contributed by atoms with Crippen molar-refractivity contribution in [3.05, 3.63) is 60.8 Å². The molecule has 3 heterocycles. The summed E-state index contributed by atoms with van der Waals surface area (Å²) in [5, 5.41) is 5.94. The molecular formula is C28H35N7O4. The average Bonchev–Trinajstić information content (AvgIpc) is 2.93. The van der Waals surface area contributed by atoms with Gasteiger partial charge in [0.1, 0.15) is 11.4 Å². The smallest absolute Gasteiger partial charge is 0.407 e. The molecule has 0 aliphatic heterocycles. The van der Waals surface area contributed by atoms with Crippen LogP contribution in [0.5, 0.6) is 6.01 Å². The molecule has 0 aromatic carbocycles. The Kier molecular flexibility index (Phi) is 8.90. The van der Waals surface area contributed by atoms with Crippen LogP contribution >= 0.6 is 0 Å². The molecule has 1 fully saturated rings. The van der Waals surface area contributed by atoms with Crippen LogP contribution in [0.15, 0.2) is 55.1 Å². The summed E-state index contributed by atoms with van der Waals surface area (Å²) in [6.07, 6.45) is 9.15. The topological polar surface area (TPSA) is 131 Å². The molecule has 0 spiro atoms. The van der Waals surface area contributed by atoms with Gasteiger partial charge in [0.25, 0.3) is 0 Å². The highest BCUT2D eigenvalue weighted by Crippen LogP contribution is 2.28. The van der Waals surface area contributed by atoms with E-state index >= 15 is 0 Å². The number of alkyl carbamates (subject to hydrolysis) is 1. The lowest BCUT2D eigenvalue weighted by Crippen LogP contribution is -2.50. The maximum atomic E-state index is 13.5. The molecule has 2 N–H and O–H groups in total. The first-order valence-corrected chi connectivity index (χ1v) is 13.0. The van der Waals surface area contributed by atoms with Gasteiger partial charge < -0.3 is 20.1 Å². The van der Waals surface area contributed by atoms with Crippen LogP contribution in [0.4, 0.5) is 15.4 Å². The predicted octanol–water partition coefficient (Wildman–Crippen LogP) is 4.49. The Balaban J connectivity index is 1.47. The highest BCUT2D eigenvalue weighted by molar-refractivity contribution is 5.91. The number of nitrogens with one attached hydrogen (secondary N) is 2. The second kappa shape index (κ2) is 12.5. The highest BCUT2D eigenvalue weighted by atomic mass is 16.6. The number of carbonyl (C=O) groups is 2. The van der Waals surface area contributed by atoms with Gasteiger partial charge in [-0.25, -0.2) is 24.5 Å². The van der Waals surface area contributed by atoms with Crippen molar-refractivity contribution >= 4 is 17.9 Å². The summed E-state index contributed by atoms with van der Waals surface area (Å²) in [5.74, 6) is 0.537. The minimum Gasteiger partial charge on any atom is -0.467 e. The highest BCUT2D eigenvalue weighted by Gasteiger charge is 2.32. The fraction of sp³-hybridized carbons (Fsp3) is 0.429. The van der Waals surface area contributed by atoms with Gasteiger partial charge in [-0.15, -0.1) is 0 Å². The van der Waals surface area contributed by atoms with Crippen LogP contribution < -0.4 is 20.3 Å². The molecule has 0 atom stereocenters. The summed E-state index contributed by atoms with van der Waals surface area (Å²) in [4.78, 5) is 44.7. The molecule has 11 nitrogen and oxygen atoms in total. The van der Waals surface area contributed by atoms with Crippen molar-refractivity contribution < 1.29 is 19.1 Å². The van der Waals surface area contributed by atoms with Crippen molar-refractivity contribution in [3.8, 4) is 17.1 Å². The number of methoxy groups -OCH3 is 1. The molecule has 3 amide bonds. The summed E-state index contributed by atoms with van der Waals surface area (Å²) < 4.78 is 10.4. The Bertz CT molecular complexity index is 1220. The summed E-state index contributed by atoms with van der Waals surface area (Å²) in [5.41, 5.74) is 1.81. The van der Waals surface area contributed by atoms with E-state index in [1.807, 2.05) is 51.1 Å². The van der Waals surface area contributed by atoms with Gasteiger partial charge in [-0.1, -0.05) is 6.07 Å². The minimum atomic E-state index is -0.556. The van der Waals surface area contributed by atoms with Crippen LogP contribution in [0.25, 0.3) is 11.1 Å². The van der Waals surface area contributed by atoms with Gasteiger partial charge in [-0.3, -0.25) is 9.88 Å². The molecule has 0 unspecified atom stereocenters. The number of ether oxygens (including phenoxy) is 2. The Morgan fingerprint density at radius 1 is 0.949 bits per heavy atom. The Hall–Kier alpha value is -4.28.